The van der Waals surface area contributed by atoms with E-state index in [0.29, 0.717) is 15.6 Å². The van der Waals surface area contributed by atoms with Crippen molar-refractivity contribution in [1.29, 1.82) is 0 Å². The van der Waals surface area contributed by atoms with Crippen LogP contribution >= 0.6 is 23.2 Å². The van der Waals surface area contributed by atoms with E-state index in [4.69, 9.17) is 23.2 Å². The molecule has 0 spiro atoms. The molecule has 0 aromatic heterocycles. The van der Waals surface area contributed by atoms with Gasteiger partial charge < -0.3 is 9.80 Å². The highest BCUT2D eigenvalue weighted by molar-refractivity contribution is 6.42. The molecule has 3 nitrogen and oxygen atoms in total. The van der Waals surface area contributed by atoms with E-state index in [2.05, 4.69) is 11.9 Å². The molecule has 18 heavy (non-hydrogen) atoms. The van der Waals surface area contributed by atoms with Crippen molar-refractivity contribution in [2.45, 2.75) is 6.42 Å². The molecule has 1 saturated heterocycles. The van der Waals surface area contributed by atoms with Crippen LogP contribution in [0.1, 0.15) is 16.8 Å². The lowest BCUT2D eigenvalue weighted by Gasteiger charge is -2.20. The molecule has 98 valence electrons. The first-order valence-electron chi connectivity index (χ1n) is 6.01. The zero-order valence-electron chi connectivity index (χ0n) is 10.3. The van der Waals surface area contributed by atoms with Gasteiger partial charge >= 0.3 is 0 Å². The summed E-state index contributed by atoms with van der Waals surface area (Å²) in [5.41, 5.74) is 0.606. The molecule has 0 aliphatic carbocycles. The number of likely N-dealkylation sites (N-methyl/N-ethyl adjacent to an activating group) is 1. The van der Waals surface area contributed by atoms with E-state index in [9.17, 15) is 4.79 Å². The van der Waals surface area contributed by atoms with E-state index in [1.165, 1.54) is 0 Å². The van der Waals surface area contributed by atoms with Crippen molar-refractivity contribution in [3.05, 3.63) is 33.8 Å². The summed E-state index contributed by atoms with van der Waals surface area (Å²) < 4.78 is 0. The van der Waals surface area contributed by atoms with Crippen LogP contribution in [0.15, 0.2) is 18.2 Å². The average Bonchev–Trinajstić information content (AvgIpc) is 2.57. The van der Waals surface area contributed by atoms with Crippen LogP contribution < -0.4 is 0 Å². The smallest absolute Gasteiger partial charge is 0.253 e. The Balaban J connectivity index is 2.12. The number of benzene rings is 1. The maximum absolute atomic E-state index is 12.3. The van der Waals surface area contributed by atoms with Crippen molar-refractivity contribution in [2.24, 2.45) is 0 Å². The minimum atomic E-state index is 0.0314. The first kappa shape index (κ1) is 13.7. The summed E-state index contributed by atoms with van der Waals surface area (Å²) in [6.07, 6.45) is 1.00. The van der Waals surface area contributed by atoms with Gasteiger partial charge in [0.1, 0.15) is 0 Å². The average molecular weight is 287 g/mol. The number of hydrogen-bond donors (Lipinski definition) is 0. The standard InChI is InChI=1S/C13H16Cl2N2O/c1-16-5-2-6-17(8-7-16)13(18)10-3-4-11(14)12(15)9-10/h3-4,9H,2,5-8H2,1H3. The molecule has 0 radical (unpaired) electrons. The summed E-state index contributed by atoms with van der Waals surface area (Å²) in [5.74, 6) is 0.0314. The van der Waals surface area contributed by atoms with Crippen LogP contribution in [0.3, 0.4) is 0 Å². The lowest BCUT2D eigenvalue weighted by Crippen LogP contribution is -2.34. The summed E-state index contributed by atoms with van der Waals surface area (Å²) in [7, 11) is 2.08. The largest absolute Gasteiger partial charge is 0.337 e. The Morgan fingerprint density at radius 1 is 1.11 bits per heavy atom. The molecule has 1 heterocycles. The van der Waals surface area contributed by atoms with Crippen molar-refractivity contribution in [3.8, 4) is 0 Å². The topological polar surface area (TPSA) is 23.6 Å². The van der Waals surface area contributed by atoms with Crippen LogP contribution in [0.4, 0.5) is 0 Å². The van der Waals surface area contributed by atoms with Crippen LogP contribution in [0, 0.1) is 0 Å². The molecule has 1 fully saturated rings. The lowest BCUT2D eigenvalue weighted by atomic mass is 10.2. The molecule has 0 atom stereocenters. The molecule has 0 bridgehead atoms. The van der Waals surface area contributed by atoms with Crippen LogP contribution in [0.2, 0.25) is 10.0 Å². The highest BCUT2D eigenvalue weighted by Crippen LogP contribution is 2.23. The van der Waals surface area contributed by atoms with Gasteiger partial charge in [0.05, 0.1) is 10.0 Å². The first-order chi connectivity index (χ1) is 8.58. The van der Waals surface area contributed by atoms with Gasteiger partial charge in [0.15, 0.2) is 0 Å². The summed E-state index contributed by atoms with van der Waals surface area (Å²) in [6, 6.07) is 5.03. The van der Waals surface area contributed by atoms with Gasteiger partial charge in [-0.05, 0) is 38.2 Å². The molecule has 1 aromatic rings. The minimum Gasteiger partial charge on any atom is -0.337 e. The third-order valence-electron chi connectivity index (χ3n) is 3.17. The number of halogens is 2. The molecule has 5 heteroatoms. The Morgan fingerprint density at radius 3 is 2.61 bits per heavy atom. The van der Waals surface area contributed by atoms with Gasteiger partial charge in [-0.2, -0.15) is 0 Å². The number of amides is 1. The first-order valence-corrected chi connectivity index (χ1v) is 6.76. The second-order valence-electron chi connectivity index (χ2n) is 4.58. The Labute approximate surface area is 117 Å². The Kier molecular flexibility index (Phi) is 4.49. The van der Waals surface area contributed by atoms with Crippen LogP contribution in [0.5, 0.6) is 0 Å². The predicted octanol–water partition coefficient (Wildman–Crippen LogP) is 2.77. The maximum Gasteiger partial charge on any atom is 0.253 e. The third kappa shape index (κ3) is 3.16. The predicted molar refractivity (Wildman–Crippen MR) is 74.5 cm³/mol. The Hall–Kier alpha value is -0.770. The SMILES string of the molecule is CN1CCCN(C(=O)c2ccc(Cl)c(Cl)c2)CC1. The zero-order valence-corrected chi connectivity index (χ0v) is 11.8. The van der Waals surface area contributed by atoms with E-state index in [0.717, 1.165) is 32.6 Å². The highest BCUT2D eigenvalue weighted by atomic mass is 35.5. The monoisotopic (exact) mass is 286 g/mol. The summed E-state index contributed by atoms with van der Waals surface area (Å²) >= 11 is 11.8. The van der Waals surface area contributed by atoms with Crippen LogP contribution in [-0.4, -0.2) is 48.9 Å². The van der Waals surface area contributed by atoms with Gasteiger partial charge in [-0.1, -0.05) is 23.2 Å². The normalized spacial score (nSPS) is 17.6. The number of rotatable bonds is 1. The van der Waals surface area contributed by atoms with E-state index >= 15 is 0 Å². The summed E-state index contributed by atoms with van der Waals surface area (Å²) in [4.78, 5) is 16.4. The van der Waals surface area contributed by atoms with Gasteiger partial charge in [0.25, 0.3) is 5.91 Å². The Bertz CT molecular complexity index is 451. The van der Waals surface area contributed by atoms with Crippen LogP contribution in [0.25, 0.3) is 0 Å². The highest BCUT2D eigenvalue weighted by Gasteiger charge is 2.19. The van der Waals surface area contributed by atoms with E-state index < -0.39 is 0 Å². The van der Waals surface area contributed by atoms with Gasteiger partial charge in [0.2, 0.25) is 0 Å². The number of hydrogen-bond acceptors (Lipinski definition) is 2. The molecule has 0 N–H and O–H groups in total. The minimum absolute atomic E-state index is 0.0314. The van der Waals surface area contributed by atoms with E-state index in [-0.39, 0.29) is 5.91 Å². The van der Waals surface area contributed by atoms with Crippen LogP contribution in [-0.2, 0) is 0 Å². The van der Waals surface area contributed by atoms with E-state index in [1.54, 1.807) is 18.2 Å². The molecular formula is C13H16Cl2N2O. The summed E-state index contributed by atoms with van der Waals surface area (Å²) in [5, 5.41) is 0.901. The van der Waals surface area contributed by atoms with Crippen molar-refractivity contribution < 1.29 is 4.79 Å². The summed E-state index contributed by atoms with van der Waals surface area (Å²) in [6.45, 7) is 3.50. The molecule has 1 amide bonds. The van der Waals surface area contributed by atoms with Gasteiger partial charge in [-0.25, -0.2) is 0 Å². The molecule has 1 aliphatic heterocycles. The zero-order chi connectivity index (χ0) is 13.1. The number of carbonyl (C=O) groups excluding carboxylic acids is 1. The van der Waals surface area contributed by atoms with Gasteiger partial charge in [-0.15, -0.1) is 0 Å². The molecule has 2 rings (SSSR count). The Morgan fingerprint density at radius 2 is 1.89 bits per heavy atom. The number of carbonyl (C=O) groups is 1. The van der Waals surface area contributed by atoms with Crippen molar-refractivity contribution >= 4 is 29.1 Å². The maximum atomic E-state index is 12.3. The fraction of sp³-hybridized carbons (Fsp3) is 0.462. The number of nitrogens with zero attached hydrogens (tertiary/aromatic N) is 2. The van der Waals surface area contributed by atoms with Gasteiger partial charge in [0, 0.05) is 25.2 Å². The third-order valence-corrected chi connectivity index (χ3v) is 3.91. The second-order valence-corrected chi connectivity index (χ2v) is 5.39. The second kappa shape index (κ2) is 5.91. The van der Waals surface area contributed by atoms with Crippen molar-refractivity contribution in [3.63, 3.8) is 0 Å². The molecular weight excluding hydrogens is 271 g/mol. The molecule has 0 unspecified atom stereocenters. The quantitative estimate of drug-likeness (QED) is 0.793. The molecule has 1 aliphatic rings. The van der Waals surface area contributed by atoms with Crippen molar-refractivity contribution in [2.75, 3.05) is 33.2 Å². The molecule has 0 saturated carbocycles. The van der Waals surface area contributed by atoms with Crippen molar-refractivity contribution in [1.82, 2.24) is 9.80 Å². The van der Waals surface area contributed by atoms with Gasteiger partial charge in [-0.3, -0.25) is 4.79 Å². The molecule has 1 aromatic carbocycles. The fourth-order valence-electron chi connectivity index (χ4n) is 2.06. The fourth-order valence-corrected chi connectivity index (χ4v) is 2.36. The lowest BCUT2D eigenvalue weighted by molar-refractivity contribution is 0.0763. The van der Waals surface area contributed by atoms with E-state index in [1.807, 2.05) is 4.90 Å².